The van der Waals surface area contributed by atoms with Gasteiger partial charge in [-0.2, -0.15) is 4.37 Å². The molecule has 15 heteroatoms. The van der Waals surface area contributed by atoms with Gasteiger partial charge < -0.3 is 47.7 Å². The van der Waals surface area contributed by atoms with Crippen molar-refractivity contribution >= 4 is 63.8 Å². The Kier molecular flexibility index (Phi) is 24.0. The molecule has 1 aliphatic heterocycles. The van der Waals surface area contributed by atoms with Crippen molar-refractivity contribution in [2.75, 3.05) is 26.7 Å². The van der Waals surface area contributed by atoms with Gasteiger partial charge in [-0.1, -0.05) is 124 Å². The Morgan fingerprint density at radius 2 is 1.30 bits per heavy atom. The molecular weight excluding hydrogens is 1020 g/mol. The number of esters is 4. The van der Waals surface area contributed by atoms with E-state index in [4.69, 9.17) is 23.7 Å². The van der Waals surface area contributed by atoms with Crippen LogP contribution >= 0.6 is 34.3 Å². The second kappa shape index (κ2) is 27.1. The molecule has 1 aromatic heterocycles. The molecule has 0 spiro atoms. The van der Waals surface area contributed by atoms with Crippen LogP contribution in [0.25, 0.3) is 5.57 Å². The minimum atomic E-state index is -0.350. The normalized spacial score (nSPS) is 15.8. The first-order valence-electron chi connectivity index (χ1n) is 21.1. The third kappa shape index (κ3) is 17.9. The van der Waals surface area contributed by atoms with Crippen molar-refractivity contribution in [3.05, 3.63) is 71.4 Å². The average molecular weight is 1090 g/mol. The van der Waals surface area contributed by atoms with Crippen LogP contribution in [0.2, 0.25) is 0 Å². The number of benzene rings is 2. The number of halogens is 2. The van der Waals surface area contributed by atoms with Crippen molar-refractivity contribution in [2.24, 2.45) is 23.7 Å². The van der Waals surface area contributed by atoms with Gasteiger partial charge in [0, 0.05) is 29.0 Å². The van der Waals surface area contributed by atoms with Crippen molar-refractivity contribution in [3.8, 4) is 17.4 Å². The monoisotopic (exact) mass is 1090 g/mol. The number of likely N-dealkylation sites (N-methyl/N-ethyl adjacent to an activating group) is 1. The van der Waals surface area contributed by atoms with E-state index < -0.39 is 0 Å². The van der Waals surface area contributed by atoms with E-state index in [-0.39, 0.29) is 94.7 Å². The molecule has 0 N–H and O–H groups in total. The van der Waals surface area contributed by atoms with Gasteiger partial charge in [0.15, 0.2) is 4.11 Å². The number of rotatable bonds is 20. The van der Waals surface area contributed by atoms with Gasteiger partial charge in [0.1, 0.15) is 23.7 Å². The Morgan fingerprint density at radius 1 is 0.754 bits per heavy atom. The summed E-state index contributed by atoms with van der Waals surface area (Å²) in [5.41, 5.74) is 3.17. The fourth-order valence-corrected chi connectivity index (χ4v) is 7.16. The predicted octanol–water partition coefficient (Wildman–Crippen LogP) is 6.82. The van der Waals surface area contributed by atoms with Crippen LogP contribution in [0.15, 0.2) is 54.6 Å². The highest BCUT2D eigenvalue weighted by Crippen LogP contribution is 2.34. The number of ether oxygens (including phenoxy) is 5. The van der Waals surface area contributed by atoms with Gasteiger partial charge in [0.2, 0.25) is 6.23 Å². The smallest absolute Gasteiger partial charge is 0.314 e. The van der Waals surface area contributed by atoms with Crippen molar-refractivity contribution in [2.45, 2.75) is 118 Å². The van der Waals surface area contributed by atoms with E-state index in [1.54, 1.807) is 70.2 Å². The number of para-hydroxylation sites is 2. The van der Waals surface area contributed by atoms with Gasteiger partial charge in [0.25, 0.3) is 5.88 Å². The van der Waals surface area contributed by atoms with Crippen molar-refractivity contribution < 1.29 is 71.3 Å². The van der Waals surface area contributed by atoms with E-state index in [9.17, 15) is 19.2 Å². The standard InChI is InChI=1S/C30H44N3O5S.C16H21IO4.HI/c1-7-8-9-12-18-36-28-27(31-39-32-28)24-15-13-17-33(6,20-24)29(21(2)3)38-26(34)19-23-14-10-11-16-25(23)37-30(35)22(4)5;1-10(2)15(17)21-14(18)9-12-7-5-6-8-13(12)20-16(19)11(3)4;/h10-11,14-16,21-22,29H,7-9,12-13,17-20H2,1-6H3;5-8,10-11,15H,9H2,1-4H3;1H/q+1;;/p-1. The number of nitrogens with zero attached hydrogens (tertiary/aromatic N) is 3. The lowest BCUT2D eigenvalue weighted by Crippen LogP contribution is -3.00. The minimum absolute atomic E-state index is 0. The molecule has 0 aliphatic carbocycles. The highest BCUT2D eigenvalue weighted by atomic mass is 127. The van der Waals surface area contributed by atoms with Gasteiger partial charge in [-0.05, 0) is 47.1 Å². The Labute approximate surface area is 397 Å². The number of aromatic nitrogens is 2. The van der Waals surface area contributed by atoms with Gasteiger partial charge in [0.05, 0.1) is 56.6 Å². The predicted molar refractivity (Wildman–Crippen MR) is 243 cm³/mol. The Morgan fingerprint density at radius 3 is 1.80 bits per heavy atom. The summed E-state index contributed by atoms with van der Waals surface area (Å²) in [6, 6.07) is 14.2. The van der Waals surface area contributed by atoms with Gasteiger partial charge in [-0.3, -0.25) is 23.7 Å². The summed E-state index contributed by atoms with van der Waals surface area (Å²) in [5.74, 6) is -0.0306. The second-order valence-corrected chi connectivity index (χ2v) is 18.4. The quantitative estimate of drug-likeness (QED) is 0.0295. The van der Waals surface area contributed by atoms with Crippen LogP contribution in [0.4, 0.5) is 0 Å². The lowest BCUT2D eigenvalue weighted by molar-refractivity contribution is -0.950. The molecule has 4 rings (SSSR count). The van der Waals surface area contributed by atoms with Crippen molar-refractivity contribution in [3.63, 3.8) is 0 Å². The van der Waals surface area contributed by atoms with Crippen LogP contribution in [-0.4, -0.2) is 74.2 Å². The largest absolute Gasteiger partial charge is 1.00 e. The number of unbranched alkanes of at least 4 members (excludes halogenated alkanes) is 3. The van der Waals surface area contributed by atoms with Crippen LogP contribution in [0.1, 0.15) is 111 Å². The van der Waals surface area contributed by atoms with Crippen LogP contribution in [-0.2, 0) is 41.5 Å². The summed E-state index contributed by atoms with van der Waals surface area (Å²) in [7, 11) is 2.13. The summed E-state index contributed by atoms with van der Waals surface area (Å²) >= 11 is 3.27. The summed E-state index contributed by atoms with van der Waals surface area (Å²) < 4.78 is 37.7. The topological polar surface area (TPSA) is 140 Å². The van der Waals surface area contributed by atoms with E-state index >= 15 is 0 Å². The average Bonchev–Trinajstić information content (AvgIpc) is 3.67. The molecule has 3 atom stereocenters. The van der Waals surface area contributed by atoms with E-state index in [2.05, 4.69) is 65.2 Å². The molecule has 0 amide bonds. The molecule has 3 unspecified atom stereocenters. The van der Waals surface area contributed by atoms with E-state index in [1.165, 1.54) is 24.6 Å². The highest BCUT2D eigenvalue weighted by Gasteiger charge is 2.41. The molecule has 0 bridgehead atoms. The maximum atomic E-state index is 13.2. The van der Waals surface area contributed by atoms with Gasteiger partial charge in [-0.25, -0.2) is 0 Å². The molecule has 338 valence electrons. The summed E-state index contributed by atoms with van der Waals surface area (Å²) in [6.45, 7) is 19.6. The number of carbonyl (C=O) groups excluding carboxylic acids is 4. The molecule has 0 radical (unpaired) electrons. The zero-order valence-electron chi connectivity index (χ0n) is 37.4. The maximum absolute atomic E-state index is 13.2. The van der Waals surface area contributed by atoms with Crippen LogP contribution in [0, 0.1) is 23.7 Å². The third-order valence-corrected chi connectivity index (χ3v) is 11.9. The fraction of sp³-hybridized carbons (Fsp3) is 0.565. The Hall–Kier alpha value is -3.16. The molecule has 12 nitrogen and oxygen atoms in total. The first-order valence-corrected chi connectivity index (χ1v) is 23.0. The van der Waals surface area contributed by atoms with Gasteiger partial charge >= 0.3 is 23.9 Å². The highest BCUT2D eigenvalue weighted by molar-refractivity contribution is 14.1. The second-order valence-electron chi connectivity index (χ2n) is 16.6. The lowest BCUT2D eigenvalue weighted by Gasteiger charge is -2.44. The summed E-state index contributed by atoms with van der Waals surface area (Å²) in [5, 5.41) is 0. The zero-order valence-corrected chi connectivity index (χ0v) is 42.5. The first kappa shape index (κ1) is 54.0. The minimum Gasteiger partial charge on any atom is -1.00 e. The third-order valence-electron chi connectivity index (χ3n) is 9.75. The van der Waals surface area contributed by atoms with Crippen molar-refractivity contribution in [1.82, 2.24) is 8.75 Å². The van der Waals surface area contributed by atoms with Crippen LogP contribution in [0.3, 0.4) is 0 Å². The van der Waals surface area contributed by atoms with Crippen LogP contribution in [0.5, 0.6) is 17.4 Å². The Balaban J connectivity index is 0.000000494. The lowest BCUT2D eigenvalue weighted by atomic mass is 10.0. The van der Waals surface area contributed by atoms with E-state index in [0.717, 1.165) is 37.1 Å². The molecule has 0 saturated heterocycles. The molecule has 1 aliphatic rings. The number of quaternary nitrogens is 1. The molecule has 3 aromatic rings. The number of alkyl halides is 1. The SMILES string of the molecule is CC(C)C(=O)Oc1ccccc1CC(=O)OC(I)C(C)C.CCCCCCOc1nsnc1C1=CCC[N+](C)(C(OC(=O)Cc2ccccc2OC(=O)C(C)C)C(C)C)C1.[I-]. The maximum Gasteiger partial charge on any atom is 0.314 e. The van der Waals surface area contributed by atoms with Crippen LogP contribution < -0.4 is 38.2 Å². The molecule has 0 saturated carbocycles. The number of hydrogen-bond donors (Lipinski definition) is 0. The van der Waals surface area contributed by atoms with E-state index in [1.807, 2.05) is 19.9 Å². The number of carbonyl (C=O) groups is 4. The molecule has 2 aromatic carbocycles. The zero-order chi connectivity index (χ0) is 44.4. The summed E-state index contributed by atoms with van der Waals surface area (Å²) in [4.78, 5) is 49.0. The molecule has 0 fully saturated rings. The van der Waals surface area contributed by atoms with E-state index in [0.29, 0.717) is 46.1 Å². The van der Waals surface area contributed by atoms with Crippen molar-refractivity contribution in [1.29, 1.82) is 0 Å². The molecular formula is C46H65I2N3O9S. The Bertz CT molecular complexity index is 1880. The summed E-state index contributed by atoms with van der Waals surface area (Å²) in [6.07, 6.45) is 7.36. The fourth-order valence-electron chi connectivity index (χ4n) is 6.35. The number of hydrogen-bond acceptors (Lipinski definition) is 12. The molecule has 2 heterocycles. The molecule has 61 heavy (non-hydrogen) atoms. The first-order chi connectivity index (χ1) is 28.4. The van der Waals surface area contributed by atoms with Gasteiger partial charge in [-0.15, -0.1) is 4.37 Å².